The number of rotatable bonds is 2. The number of aryl methyl sites for hydroxylation is 1. The Morgan fingerprint density at radius 1 is 1.33 bits per heavy atom. The second kappa shape index (κ2) is 3.47. The molecule has 1 aromatic heterocycles. The summed E-state index contributed by atoms with van der Waals surface area (Å²) in [6, 6.07) is 0. The van der Waals surface area contributed by atoms with E-state index in [9.17, 15) is 0 Å². The van der Waals surface area contributed by atoms with Crippen molar-refractivity contribution in [2.24, 2.45) is 0 Å². The van der Waals surface area contributed by atoms with Crippen LogP contribution in [0.5, 0.6) is 0 Å². The summed E-state index contributed by atoms with van der Waals surface area (Å²) in [7, 11) is 0. The van der Waals surface area contributed by atoms with Gasteiger partial charge in [0, 0.05) is 10.5 Å². The third kappa shape index (κ3) is 2.85. The van der Waals surface area contributed by atoms with Crippen LogP contribution in [0.25, 0.3) is 0 Å². The molecule has 0 spiro atoms. The lowest BCUT2D eigenvalue weighted by Crippen LogP contribution is -2.07. The van der Waals surface area contributed by atoms with Gasteiger partial charge in [0.15, 0.2) is 0 Å². The summed E-state index contributed by atoms with van der Waals surface area (Å²) in [5.41, 5.74) is 1.85. The van der Waals surface area contributed by atoms with Gasteiger partial charge in [-0.15, -0.1) is 11.8 Å². The fourth-order valence-corrected chi connectivity index (χ4v) is 1.50. The van der Waals surface area contributed by atoms with Crippen molar-refractivity contribution in [3.05, 3.63) is 11.4 Å². The minimum absolute atomic E-state index is 0.269. The Morgan fingerprint density at radius 3 is 2.42 bits per heavy atom. The standard InChI is InChI=1S/C8H14N2OS/c1-6-7(10-11-9-6)5-12-8(2,3)4/h5H2,1-4H3. The molecule has 0 unspecified atom stereocenters. The lowest BCUT2D eigenvalue weighted by atomic mass is 10.3. The Hall–Kier alpha value is -0.510. The highest BCUT2D eigenvalue weighted by Crippen LogP contribution is 2.26. The monoisotopic (exact) mass is 186 g/mol. The summed E-state index contributed by atoms with van der Waals surface area (Å²) < 4.78 is 4.87. The van der Waals surface area contributed by atoms with E-state index >= 15 is 0 Å². The molecule has 68 valence electrons. The summed E-state index contributed by atoms with van der Waals surface area (Å²) in [5, 5.41) is 7.53. The molecule has 0 saturated heterocycles. The summed E-state index contributed by atoms with van der Waals surface area (Å²) in [6.07, 6.45) is 0. The van der Waals surface area contributed by atoms with E-state index in [1.807, 2.05) is 18.7 Å². The molecule has 0 N–H and O–H groups in total. The number of nitrogens with zero attached hydrogens (tertiary/aromatic N) is 2. The van der Waals surface area contributed by atoms with E-state index in [2.05, 4.69) is 35.7 Å². The maximum atomic E-state index is 4.60. The van der Waals surface area contributed by atoms with E-state index < -0.39 is 0 Å². The molecule has 0 aliphatic heterocycles. The molecule has 0 bridgehead atoms. The molecule has 0 aromatic carbocycles. The second-order valence-electron chi connectivity index (χ2n) is 3.70. The van der Waals surface area contributed by atoms with E-state index in [1.165, 1.54) is 0 Å². The third-order valence-corrected chi connectivity index (χ3v) is 2.67. The van der Waals surface area contributed by atoms with Crippen molar-refractivity contribution in [1.82, 2.24) is 10.3 Å². The molecule has 0 amide bonds. The molecule has 0 saturated carbocycles. The quantitative estimate of drug-likeness (QED) is 0.711. The highest BCUT2D eigenvalue weighted by atomic mass is 32.2. The molecular formula is C8H14N2OS. The molecular weight excluding hydrogens is 172 g/mol. The SMILES string of the molecule is Cc1nonc1CSC(C)(C)C. The van der Waals surface area contributed by atoms with Gasteiger partial charge in [-0.1, -0.05) is 31.1 Å². The van der Waals surface area contributed by atoms with E-state index in [0.29, 0.717) is 0 Å². The van der Waals surface area contributed by atoms with E-state index in [-0.39, 0.29) is 4.75 Å². The fraction of sp³-hybridized carbons (Fsp3) is 0.750. The molecule has 0 fully saturated rings. The van der Waals surface area contributed by atoms with Crippen molar-refractivity contribution in [2.45, 2.75) is 38.2 Å². The summed E-state index contributed by atoms with van der Waals surface area (Å²) in [4.78, 5) is 0. The molecule has 4 heteroatoms. The maximum absolute atomic E-state index is 4.60. The van der Waals surface area contributed by atoms with Crippen LogP contribution >= 0.6 is 11.8 Å². The first-order chi connectivity index (χ1) is 5.49. The molecule has 1 rings (SSSR count). The number of thioether (sulfide) groups is 1. The van der Waals surface area contributed by atoms with Crippen molar-refractivity contribution in [2.75, 3.05) is 0 Å². The van der Waals surface area contributed by atoms with Crippen molar-refractivity contribution in [3.63, 3.8) is 0 Å². The average Bonchev–Trinajstić information content (AvgIpc) is 2.29. The van der Waals surface area contributed by atoms with Gasteiger partial charge in [-0.2, -0.15) is 0 Å². The molecule has 3 nitrogen and oxygen atoms in total. The van der Waals surface area contributed by atoms with Gasteiger partial charge in [0.05, 0.1) is 0 Å². The molecule has 12 heavy (non-hydrogen) atoms. The van der Waals surface area contributed by atoms with Crippen LogP contribution in [0, 0.1) is 6.92 Å². The number of hydrogen-bond donors (Lipinski definition) is 0. The minimum Gasteiger partial charge on any atom is -0.244 e. The van der Waals surface area contributed by atoms with Gasteiger partial charge in [-0.05, 0) is 6.92 Å². The van der Waals surface area contributed by atoms with Crippen LogP contribution < -0.4 is 0 Å². The smallest absolute Gasteiger partial charge is 0.117 e. The van der Waals surface area contributed by atoms with Crippen molar-refractivity contribution in [1.29, 1.82) is 0 Å². The van der Waals surface area contributed by atoms with Gasteiger partial charge in [0.25, 0.3) is 0 Å². The third-order valence-electron chi connectivity index (χ3n) is 1.39. The van der Waals surface area contributed by atoms with E-state index in [1.54, 1.807) is 0 Å². The summed E-state index contributed by atoms with van der Waals surface area (Å²) >= 11 is 1.84. The van der Waals surface area contributed by atoms with Crippen LogP contribution in [-0.4, -0.2) is 15.1 Å². The van der Waals surface area contributed by atoms with Crippen molar-refractivity contribution >= 4 is 11.8 Å². The van der Waals surface area contributed by atoms with Crippen LogP contribution in [-0.2, 0) is 5.75 Å². The molecule has 0 aliphatic rings. The number of aromatic nitrogens is 2. The van der Waals surface area contributed by atoms with E-state index in [0.717, 1.165) is 17.1 Å². The Bertz CT molecular complexity index is 252. The van der Waals surface area contributed by atoms with Gasteiger partial charge in [0.2, 0.25) is 0 Å². The highest BCUT2D eigenvalue weighted by molar-refractivity contribution is 7.99. The van der Waals surface area contributed by atoms with E-state index in [4.69, 9.17) is 0 Å². The molecule has 0 atom stereocenters. The van der Waals surface area contributed by atoms with Crippen LogP contribution in [0.2, 0.25) is 0 Å². The molecule has 0 radical (unpaired) electrons. The van der Waals surface area contributed by atoms with Crippen LogP contribution in [0.15, 0.2) is 4.63 Å². The zero-order chi connectivity index (χ0) is 9.19. The lowest BCUT2D eigenvalue weighted by Gasteiger charge is -2.16. The zero-order valence-corrected chi connectivity index (χ0v) is 8.73. The molecule has 0 aliphatic carbocycles. The Kier molecular flexibility index (Phi) is 2.77. The Balaban J connectivity index is 2.49. The van der Waals surface area contributed by atoms with Gasteiger partial charge in [0.1, 0.15) is 11.4 Å². The van der Waals surface area contributed by atoms with Crippen LogP contribution in [0.3, 0.4) is 0 Å². The molecule has 1 aromatic rings. The second-order valence-corrected chi connectivity index (χ2v) is 5.50. The Morgan fingerprint density at radius 2 is 2.00 bits per heavy atom. The molecule has 1 heterocycles. The normalized spacial score (nSPS) is 12.0. The predicted molar refractivity (Wildman–Crippen MR) is 50.1 cm³/mol. The van der Waals surface area contributed by atoms with Crippen molar-refractivity contribution < 1.29 is 4.63 Å². The topological polar surface area (TPSA) is 38.9 Å². The minimum atomic E-state index is 0.269. The first-order valence-electron chi connectivity index (χ1n) is 3.91. The summed E-state index contributed by atoms with van der Waals surface area (Å²) in [5.74, 6) is 0.874. The van der Waals surface area contributed by atoms with Crippen LogP contribution in [0.4, 0.5) is 0 Å². The average molecular weight is 186 g/mol. The zero-order valence-electron chi connectivity index (χ0n) is 7.92. The first kappa shape index (κ1) is 9.58. The Labute approximate surface area is 76.9 Å². The lowest BCUT2D eigenvalue weighted by molar-refractivity contribution is 0.302. The first-order valence-corrected chi connectivity index (χ1v) is 4.89. The van der Waals surface area contributed by atoms with Crippen LogP contribution in [0.1, 0.15) is 32.2 Å². The largest absolute Gasteiger partial charge is 0.244 e. The van der Waals surface area contributed by atoms with Crippen molar-refractivity contribution in [3.8, 4) is 0 Å². The maximum Gasteiger partial charge on any atom is 0.117 e. The number of hydrogen-bond acceptors (Lipinski definition) is 4. The van der Waals surface area contributed by atoms with Gasteiger partial charge in [-0.3, -0.25) is 0 Å². The van der Waals surface area contributed by atoms with Gasteiger partial charge >= 0.3 is 0 Å². The fourth-order valence-electron chi connectivity index (χ4n) is 0.665. The van der Waals surface area contributed by atoms with Gasteiger partial charge < -0.3 is 0 Å². The summed E-state index contributed by atoms with van der Waals surface area (Å²) in [6.45, 7) is 8.45. The predicted octanol–water partition coefficient (Wildman–Crippen LogP) is 2.41. The van der Waals surface area contributed by atoms with Gasteiger partial charge in [-0.25, -0.2) is 4.63 Å². The highest BCUT2D eigenvalue weighted by Gasteiger charge is 2.13.